The topological polar surface area (TPSA) is 15.3 Å². The molecule has 1 aliphatic heterocycles. The van der Waals surface area contributed by atoms with E-state index in [1.165, 1.54) is 71.2 Å². The maximum absolute atomic E-state index is 3.69. The Morgan fingerprint density at radius 3 is 2.33 bits per heavy atom. The van der Waals surface area contributed by atoms with Gasteiger partial charge in [0.2, 0.25) is 0 Å². The molecule has 1 saturated heterocycles. The summed E-state index contributed by atoms with van der Waals surface area (Å²) in [4.78, 5) is 2.66. The van der Waals surface area contributed by atoms with Crippen LogP contribution in [0.1, 0.15) is 52.4 Å². The predicted molar refractivity (Wildman–Crippen MR) is 78.8 cm³/mol. The van der Waals surface area contributed by atoms with Gasteiger partial charge < -0.3 is 10.2 Å². The van der Waals surface area contributed by atoms with Gasteiger partial charge in [-0.15, -0.1) is 0 Å². The summed E-state index contributed by atoms with van der Waals surface area (Å²) in [7, 11) is 0. The fourth-order valence-corrected chi connectivity index (χ4v) is 3.91. The van der Waals surface area contributed by atoms with Gasteiger partial charge in [-0.2, -0.15) is 0 Å². The van der Waals surface area contributed by atoms with Gasteiger partial charge in [0, 0.05) is 26.2 Å². The number of hydrogen-bond acceptors (Lipinski definition) is 2. The van der Waals surface area contributed by atoms with Crippen LogP contribution in [-0.4, -0.2) is 37.6 Å². The zero-order valence-electron chi connectivity index (χ0n) is 12.5. The molecule has 2 nitrogen and oxygen atoms in total. The van der Waals surface area contributed by atoms with Gasteiger partial charge in [-0.1, -0.05) is 33.1 Å². The first-order valence-corrected chi connectivity index (χ1v) is 8.17. The van der Waals surface area contributed by atoms with Crippen molar-refractivity contribution in [2.75, 3.05) is 32.7 Å². The molecule has 2 unspecified atom stereocenters. The van der Waals surface area contributed by atoms with Crippen LogP contribution >= 0.6 is 0 Å². The Morgan fingerprint density at radius 1 is 1.00 bits per heavy atom. The van der Waals surface area contributed by atoms with Gasteiger partial charge in [-0.05, 0) is 43.6 Å². The van der Waals surface area contributed by atoms with Crippen LogP contribution in [0.15, 0.2) is 0 Å². The van der Waals surface area contributed by atoms with Crippen molar-refractivity contribution in [3.8, 4) is 0 Å². The van der Waals surface area contributed by atoms with Crippen LogP contribution < -0.4 is 5.32 Å². The van der Waals surface area contributed by atoms with Crippen molar-refractivity contribution in [3.05, 3.63) is 0 Å². The van der Waals surface area contributed by atoms with E-state index in [4.69, 9.17) is 0 Å². The highest BCUT2D eigenvalue weighted by molar-refractivity contribution is 4.75. The monoisotopic (exact) mass is 252 g/mol. The van der Waals surface area contributed by atoms with Crippen molar-refractivity contribution in [1.29, 1.82) is 0 Å². The van der Waals surface area contributed by atoms with Crippen molar-refractivity contribution in [1.82, 2.24) is 10.2 Å². The molecule has 0 aromatic rings. The Hall–Kier alpha value is -0.0800. The molecular weight excluding hydrogens is 220 g/mol. The molecule has 0 amide bonds. The first-order valence-electron chi connectivity index (χ1n) is 8.17. The number of piperidine rings is 1. The Balaban J connectivity index is 1.54. The lowest BCUT2D eigenvalue weighted by atomic mass is 9.89. The van der Waals surface area contributed by atoms with E-state index in [-0.39, 0.29) is 0 Å². The second kappa shape index (κ2) is 7.49. The molecule has 0 aromatic heterocycles. The quantitative estimate of drug-likeness (QED) is 0.756. The first kappa shape index (κ1) is 14.3. The van der Waals surface area contributed by atoms with Crippen molar-refractivity contribution in [2.45, 2.75) is 52.4 Å². The summed E-state index contributed by atoms with van der Waals surface area (Å²) in [5, 5.41) is 3.69. The summed E-state index contributed by atoms with van der Waals surface area (Å²) >= 11 is 0. The van der Waals surface area contributed by atoms with Gasteiger partial charge in [0.05, 0.1) is 0 Å². The van der Waals surface area contributed by atoms with Crippen LogP contribution in [0.4, 0.5) is 0 Å². The molecule has 1 aliphatic carbocycles. The standard InChI is InChI=1S/C16H32N2/c1-14-10-15(2)13-18(12-14)9-8-17-11-16-6-4-3-5-7-16/h14-17H,3-13H2,1-2H3. The maximum Gasteiger partial charge on any atom is 0.0107 e. The van der Waals surface area contributed by atoms with Gasteiger partial charge in [-0.25, -0.2) is 0 Å². The average Bonchev–Trinajstić information content (AvgIpc) is 2.35. The van der Waals surface area contributed by atoms with Crippen molar-refractivity contribution in [2.24, 2.45) is 17.8 Å². The van der Waals surface area contributed by atoms with E-state index in [0.717, 1.165) is 17.8 Å². The van der Waals surface area contributed by atoms with Crippen molar-refractivity contribution in [3.63, 3.8) is 0 Å². The van der Waals surface area contributed by atoms with Gasteiger partial charge in [0.1, 0.15) is 0 Å². The number of hydrogen-bond donors (Lipinski definition) is 1. The molecule has 2 aliphatic rings. The van der Waals surface area contributed by atoms with Crippen molar-refractivity contribution >= 4 is 0 Å². The molecule has 2 rings (SSSR count). The molecule has 0 aromatic carbocycles. The minimum absolute atomic E-state index is 0.895. The lowest BCUT2D eigenvalue weighted by Crippen LogP contribution is -2.42. The molecule has 18 heavy (non-hydrogen) atoms. The second-order valence-electron chi connectivity index (χ2n) is 6.91. The zero-order valence-corrected chi connectivity index (χ0v) is 12.5. The molecule has 0 bridgehead atoms. The minimum Gasteiger partial charge on any atom is -0.315 e. The fourth-order valence-electron chi connectivity index (χ4n) is 3.91. The highest BCUT2D eigenvalue weighted by atomic mass is 15.1. The first-order chi connectivity index (χ1) is 8.74. The maximum atomic E-state index is 3.69. The molecule has 106 valence electrons. The van der Waals surface area contributed by atoms with E-state index in [9.17, 15) is 0 Å². The number of nitrogens with zero attached hydrogens (tertiary/aromatic N) is 1. The molecule has 0 radical (unpaired) electrons. The lowest BCUT2D eigenvalue weighted by Gasteiger charge is -2.35. The minimum atomic E-state index is 0.895. The van der Waals surface area contributed by atoms with Crippen LogP contribution in [0.3, 0.4) is 0 Å². The zero-order chi connectivity index (χ0) is 12.8. The van der Waals surface area contributed by atoms with Gasteiger partial charge in [0.25, 0.3) is 0 Å². The predicted octanol–water partition coefficient (Wildman–Crippen LogP) is 3.13. The largest absolute Gasteiger partial charge is 0.315 e. The Labute approximate surface area is 114 Å². The SMILES string of the molecule is CC1CC(C)CN(CCNCC2CCCCC2)C1. The highest BCUT2D eigenvalue weighted by Gasteiger charge is 2.21. The van der Waals surface area contributed by atoms with Gasteiger partial charge in [-0.3, -0.25) is 0 Å². The average molecular weight is 252 g/mol. The smallest absolute Gasteiger partial charge is 0.0107 e. The fraction of sp³-hybridized carbons (Fsp3) is 1.00. The summed E-state index contributed by atoms with van der Waals surface area (Å²) in [6.45, 7) is 11.1. The van der Waals surface area contributed by atoms with Crippen LogP contribution in [0.2, 0.25) is 0 Å². The molecule has 2 heteroatoms. The number of rotatable bonds is 5. The highest BCUT2D eigenvalue weighted by Crippen LogP contribution is 2.23. The lowest BCUT2D eigenvalue weighted by molar-refractivity contribution is 0.141. The van der Waals surface area contributed by atoms with E-state index in [1.54, 1.807) is 0 Å². The van der Waals surface area contributed by atoms with E-state index < -0.39 is 0 Å². The van der Waals surface area contributed by atoms with E-state index in [2.05, 4.69) is 24.1 Å². The summed E-state index contributed by atoms with van der Waals surface area (Å²) in [5.74, 6) is 2.76. The number of nitrogens with one attached hydrogen (secondary N) is 1. The molecular formula is C16H32N2. The molecule has 2 fully saturated rings. The molecule has 1 N–H and O–H groups in total. The third-order valence-corrected chi connectivity index (χ3v) is 4.71. The third-order valence-electron chi connectivity index (χ3n) is 4.71. The van der Waals surface area contributed by atoms with Gasteiger partial charge >= 0.3 is 0 Å². The second-order valence-corrected chi connectivity index (χ2v) is 6.91. The van der Waals surface area contributed by atoms with Crippen LogP contribution in [0, 0.1) is 17.8 Å². The molecule has 1 heterocycles. The summed E-state index contributed by atoms with van der Waals surface area (Å²) in [5.41, 5.74) is 0. The van der Waals surface area contributed by atoms with Crippen LogP contribution in [0.25, 0.3) is 0 Å². The van der Waals surface area contributed by atoms with E-state index in [1.807, 2.05) is 0 Å². The van der Waals surface area contributed by atoms with Crippen LogP contribution in [0.5, 0.6) is 0 Å². The number of likely N-dealkylation sites (tertiary alicyclic amines) is 1. The normalized spacial score (nSPS) is 31.7. The summed E-state index contributed by atoms with van der Waals surface area (Å²) in [6.07, 6.45) is 8.75. The summed E-state index contributed by atoms with van der Waals surface area (Å²) < 4.78 is 0. The molecule has 2 atom stereocenters. The van der Waals surface area contributed by atoms with Crippen LogP contribution in [-0.2, 0) is 0 Å². The van der Waals surface area contributed by atoms with E-state index >= 15 is 0 Å². The van der Waals surface area contributed by atoms with Gasteiger partial charge in [0.15, 0.2) is 0 Å². The Morgan fingerprint density at radius 2 is 1.67 bits per heavy atom. The van der Waals surface area contributed by atoms with E-state index in [0.29, 0.717) is 0 Å². The third kappa shape index (κ3) is 4.89. The summed E-state index contributed by atoms with van der Waals surface area (Å²) in [6, 6.07) is 0. The Bertz CT molecular complexity index is 213. The van der Waals surface area contributed by atoms with Crippen molar-refractivity contribution < 1.29 is 0 Å². The molecule has 1 saturated carbocycles. The Kier molecular flexibility index (Phi) is 5.97. The molecule has 0 spiro atoms.